The molecule has 18 heteroatoms. The monoisotopic (exact) mass is 1600 g/mol. The Bertz CT molecular complexity index is 5560. The Morgan fingerprint density at radius 2 is 0.802 bits per heavy atom. The van der Waals surface area contributed by atoms with Crippen LogP contribution in [0.3, 0.4) is 0 Å². The van der Waals surface area contributed by atoms with E-state index in [4.69, 9.17) is 39.2 Å². The number of hydrogen-bond donors (Lipinski definition) is 2. The van der Waals surface area contributed by atoms with Crippen LogP contribution in [0.4, 0.5) is 9.59 Å². The van der Waals surface area contributed by atoms with Crippen LogP contribution < -0.4 is 14.9 Å². The van der Waals surface area contributed by atoms with Crippen molar-refractivity contribution in [1.29, 1.82) is 0 Å². The van der Waals surface area contributed by atoms with Gasteiger partial charge in [0.05, 0.1) is 24.2 Å². The average molecular weight is 1600 g/mol. The van der Waals surface area contributed by atoms with Gasteiger partial charge in [-0.1, -0.05) is 255 Å². The maximum atomic E-state index is 14.2. The molecular weight excluding hydrogens is 1510 g/mol. The molecule has 6 heterocycles. The van der Waals surface area contributed by atoms with Gasteiger partial charge < -0.3 is 38.8 Å². The van der Waals surface area contributed by atoms with Crippen molar-refractivity contribution in [3.05, 3.63) is 387 Å². The molecule has 2 unspecified atom stereocenters. The summed E-state index contributed by atoms with van der Waals surface area (Å²) < 4.78 is 27.3. The number of piperidine rings is 2. The number of nitrogens with zero attached hydrogens (tertiary/aromatic N) is 6. The van der Waals surface area contributed by atoms with Gasteiger partial charge in [0, 0.05) is 79.3 Å². The fourth-order valence-corrected chi connectivity index (χ4v) is 17.4. The second-order valence-electron chi connectivity index (χ2n) is 30.0. The predicted octanol–water partition coefficient (Wildman–Crippen LogP) is 18.7. The fourth-order valence-electron chi connectivity index (χ4n) is 17.0. The van der Waals surface area contributed by atoms with E-state index in [1.54, 1.807) is 28.0 Å². The molecule has 0 radical (unpaired) electrons. The third kappa shape index (κ3) is 16.5. The summed E-state index contributed by atoms with van der Waals surface area (Å²) in [7, 11) is -1.38. The molecule has 2 aromatic heterocycles. The molecule has 4 aliphatic rings. The highest BCUT2D eigenvalue weighted by atomic mass is 79.9. The summed E-state index contributed by atoms with van der Waals surface area (Å²) in [5, 5.41) is 30.2. The van der Waals surface area contributed by atoms with E-state index in [1.165, 1.54) is 0 Å². The number of likely N-dealkylation sites (tertiary alicyclic amines) is 2. The van der Waals surface area contributed by atoms with Crippen LogP contribution >= 0.6 is 15.9 Å². The van der Waals surface area contributed by atoms with E-state index < -0.39 is 18.2 Å². The number of ketones is 2. The third-order valence-electron chi connectivity index (χ3n) is 22.6. The lowest BCUT2D eigenvalue weighted by molar-refractivity contribution is 0.0734. The van der Waals surface area contributed by atoms with E-state index in [0.29, 0.717) is 73.4 Å². The molecular formula is C98H88BBrN6O10. The van der Waals surface area contributed by atoms with Crippen LogP contribution in [-0.2, 0) is 46.6 Å². The number of ether oxygens (including phenoxy) is 4. The van der Waals surface area contributed by atoms with Gasteiger partial charge in [0.15, 0.2) is 11.6 Å². The summed E-state index contributed by atoms with van der Waals surface area (Å²) in [6, 6.07) is 106. The average Bonchev–Trinajstić information content (AvgIpc) is 1.46. The van der Waals surface area contributed by atoms with E-state index in [2.05, 4.69) is 189 Å². The van der Waals surface area contributed by atoms with Crippen LogP contribution in [0.15, 0.2) is 320 Å². The SMILES string of the molecule is O=C(CC1CCCN(C(=O)OCc2ccccc2)C1)c1ccc2c(c1)c(-c1ccc3c(c1)CCO3)nn2C(c1ccccc1)(c1ccccc1)c1ccccc1.O=C(CC1CCCN(C(=O)OCc2ccccc2)C1)c1ccc2c(c1)c(Br)nn2C(c1ccccc1)(c1ccccc1)c1ccccc1.OB(O)c1ccc2c(c1)CCO2. The van der Waals surface area contributed by atoms with Gasteiger partial charge in [-0.05, 0) is 175 Å². The molecule has 2 amide bonds. The summed E-state index contributed by atoms with van der Waals surface area (Å²) in [6.45, 7) is 4.10. The molecule has 0 aliphatic carbocycles. The molecule has 14 aromatic rings. The maximum absolute atomic E-state index is 14.2. The highest BCUT2D eigenvalue weighted by Gasteiger charge is 2.43. The number of amides is 2. The van der Waals surface area contributed by atoms with Gasteiger partial charge in [-0.15, -0.1) is 0 Å². The molecule has 0 bridgehead atoms. The van der Waals surface area contributed by atoms with Gasteiger partial charge in [-0.2, -0.15) is 10.2 Å². The minimum Gasteiger partial charge on any atom is -0.493 e. The molecule has 2 fully saturated rings. The molecule has 16 nitrogen and oxygen atoms in total. The molecule has 2 saturated heterocycles. The van der Waals surface area contributed by atoms with Crippen LogP contribution in [0.5, 0.6) is 11.5 Å². The number of benzene rings is 12. The zero-order valence-corrected chi connectivity index (χ0v) is 65.9. The quantitative estimate of drug-likeness (QED) is 0.0418. The Morgan fingerprint density at radius 1 is 0.431 bits per heavy atom. The summed E-state index contributed by atoms with van der Waals surface area (Å²) >= 11 is 3.76. The van der Waals surface area contributed by atoms with Crippen LogP contribution in [0, 0.1) is 11.8 Å². The first kappa shape index (κ1) is 77.5. The lowest BCUT2D eigenvalue weighted by atomic mass is 9.77. The van der Waals surface area contributed by atoms with Crippen molar-refractivity contribution in [3.8, 4) is 22.8 Å². The molecule has 2 atom stereocenters. The van der Waals surface area contributed by atoms with E-state index >= 15 is 0 Å². The van der Waals surface area contributed by atoms with Gasteiger partial charge in [-0.3, -0.25) is 9.59 Å². The van der Waals surface area contributed by atoms with Crippen molar-refractivity contribution in [3.63, 3.8) is 0 Å². The first-order chi connectivity index (χ1) is 56.9. The molecule has 116 heavy (non-hydrogen) atoms. The van der Waals surface area contributed by atoms with Gasteiger partial charge in [0.1, 0.15) is 46.1 Å². The van der Waals surface area contributed by atoms with Gasteiger partial charge in [0.2, 0.25) is 0 Å². The van der Waals surface area contributed by atoms with E-state index in [0.717, 1.165) is 139 Å². The van der Waals surface area contributed by atoms with E-state index in [9.17, 15) is 19.2 Å². The first-order valence-electron chi connectivity index (χ1n) is 39.8. The highest BCUT2D eigenvalue weighted by Crippen LogP contribution is 2.47. The van der Waals surface area contributed by atoms with Crippen molar-refractivity contribution >= 4 is 74.1 Å². The van der Waals surface area contributed by atoms with Gasteiger partial charge >= 0.3 is 19.3 Å². The lowest BCUT2D eigenvalue weighted by Gasteiger charge is -2.37. The number of hydrogen-bond acceptors (Lipinski definition) is 12. The molecule has 12 aromatic carbocycles. The minimum absolute atomic E-state index is 0.0389. The van der Waals surface area contributed by atoms with Crippen molar-refractivity contribution in [2.24, 2.45) is 11.8 Å². The number of aromatic nitrogens is 4. The number of carbonyl (C=O) groups is 4. The third-order valence-corrected chi connectivity index (χ3v) is 23.2. The van der Waals surface area contributed by atoms with Crippen LogP contribution in [0.25, 0.3) is 33.1 Å². The predicted molar refractivity (Wildman–Crippen MR) is 456 cm³/mol. The summed E-state index contributed by atoms with van der Waals surface area (Å²) in [5.41, 5.74) is 14.3. The van der Waals surface area contributed by atoms with Crippen molar-refractivity contribution in [1.82, 2.24) is 29.4 Å². The van der Waals surface area contributed by atoms with E-state index in [-0.39, 0.29) is 48.8 Å². The number of halogens is 1. The molecule has 0 spiro atoms. The van der Waals surface area contributed by atoms with Crippen LogP contribution in [-0.4, -0.2) is 110 Å². The van der Waals surface area contributed by atoms with Crippen molar-refractivity contribution < 1.29 is 48.2 Å². The second kappa shape index (κ2) is 35.5. The number of Topliss-reactive ketones (excluding diaryl/α,β-unsaturated/α-hetero) is 2. The zero-order valence-electron chi connectivity index (χ0n) is 64.3. The summed E-state index contributed by atoms with van der Waals surface area (Å²) in [6.07, 6.45) is 5.19. The Morgan fingerprint density at radius 3 is 1.22 bits per heavy atom. The maximum Gasteiger partial charge on any atom is 0.488 e. The van der Waals surface area contributed by atoms with Crippen molar-refractivity contribution in [2.75, 3.05) is 39.4 Å². The number of rotatable bonds is 20. The Kier molecular flexibility index (Phi) is 23.7. The largest absolute Gasteiger partial charge is 0.493 e. The van der Waals surface area contributed by atoms with Gasteiger partial charge in [0.25, 0.3) is 0 Å². The Labute approximate surface area is 683 Å². The minimum atomic E-state index is -1.38. The second-order valence-corrected chi connectivity index (χ2v) is 30.8. The molecule has 580 valence electrons. The smallest absolute Gasteiger partial charge is 0.488 e. The van der Waals surface area contributed by atoms with Crippen LogP contribution in [0.2, 0.25) is 0 Å². The van der Waals surface area contributed by atoms with Crippen LogP contribution in [0.1, 0.15) is 115 Å². The summed E-state index contributed by atoms with van der Waals surface area (Å²) in [4.78, 5) is 57.4. The van der Waals surface area contributed by atoms with E-state index in [1.807, 2.05) is 133 Å². The standard InChI is InChI=1S/C49H43N3O4.C41H36BrN3O3.C8H9BO3/c53-45(30-36-16-13-28-51(33-36)48(54)56-34-35-14-5-1-6-15-35)37-23-25-44-43(32-37)47(39-24-26-46-38(31-39)27-29-55-46)50-52(44)49(40-17-7-2-8-18-40,41-19-9-3-10-20-41)42-21-11-4-12-22-42;42-39-36-27-32(38(46)26-31-16-13-25-44(28-31)40(47)48-29-30-14-5-1-6-15-30)23-24-37(36)45(43-39)41(33-17-7-2-8-18-33,34-19-9-3-10-20-34)35-21-11-4-12-22-35;10-9(11)7-1-2-8-6(5-7)3-4-12-8/h1-12,14-15,17-26,31-32,36H,13,16,27-30,33-34H2;1-12,14-15,17-24,27,31H,13,16,25-26,28-29H2;1-2,5,10-11H,3-4H2. The number of fused-ring (bicyclic) bond motifs is 4. The molecule has 18 rings (SSSR count). The van der Waals surface area contributed by atoms with Crippen molar-refractivity contribution in [2.45, 2.75) is 75.7 Å². The fraction of sp³-hybridized carbons (Fsp3) is 0.204. The first-order valence-corrected chi connectivity index (χ1v) is 40.6. The lowest BCUT2D eigenvalue weighted by Crippen LogP contribution is -2.40. The summed E-state index contributed by atoms with van der Waals surface area (Å²) in [5.74, 6) is 1.99. The normalized spacial score (nSPS) is 15.0. The Balaban J connectivity index is 0.000000153. The molecule has 0 saturated carbocycles. The number of carbonyl (C=O) groups excluding carboxylic acids is 4. The molecule has 4 aliphatic heterocycles. The molecule has 2 N–H and O–H groups in total. The Hall–Kier alpha value is -12.5. The van der Waals surface area contributed by atoms with Gasteiger partial charge in [-0.25, -0.2) is 19.0 Å². The topological polar surface area (TPSA) is 188 Å². The zero-order chi connectivity index (χ0) is 79.4. The highest BCUT2D eigenvalue weighted by molar-refractivity contribution is 9.10.